The van der Waals surface area contributed by atoms with Gasteiger partial charge in [0.05, 0.1) is 23.1 Å². The molecule has 5 heteroatoms. The molecule has 0 aliphatic carbocycles. The van der Waals surface area contributed by atoms with Gasteiger partial charge in [0.15, 0.2) is 5.76 Å². The lowest BCUT2D eigenvalue weighted by molar-refractivity contribution is -0.136. The van der Waals surface area contributed by atoms with Gasteiger partial charge in [0, 0.05) is 0 Å². The van der Waals surface area contributed by atoms with Crippen molar-refractivity contribution in [1.29, 1.82) is 0 Å². The van der Waals surface area contributed by atoms with Gasteiger partial charge >= 0.3 is 11.9 Å². The van der Waals surface area contributed by atoms with Crippen molar-refractivity contribution in [3.63, 3.8) is 0 Å². The molecule has 1 aromatic heterocycles. The van der Waals surface area contributed by atoms with Gasteiger partial charge in [-0.2, -0.15) is 0 Å². The lowest BCUT2D eigenvalue weighted by atomic mass is 10.2. The summed E-state index contributed by atoms with van der Waals surface area (Å²) in [4.78, 5) is 23.3. The van der Waals surface area contributed by atoms with Crippen molar-refractivity contribution in [2.24, 2.45) is 0 Å². The lowest BCUT2D eigenvalue weighted by Gasteiger charge is -2.02. The topological polar surface area (TPSA) is 52.6 Å². The van der Waals surface area contributed by atoms with Crippen LogP contribution in [0.3, 0.4) is 0 Å². The van der Waals surface area contributed by atoms with Gasteiger partial charge in [-0.1, -0.05) is 0 Å². The van der Waals surface area contributed by atoms with Crippen LogP contribution in [0, 0.1) is 0 Å². The monoisotopic (exact) mass is 224 g/mol. The Bertz CT molecular complexity index is 470. The first-order valence-electron chi connectivity index (χ1n) is 4.24. The van der Waals surface area contributed by atoms with Crippen molar-refractivity contribution in [1.82, 2.24) is 0 Å². The van der Waals surface area contributed by atoms with Gasteiger partial charge in [-0.25, -0.2) is 9.59 Å². The summed E-state index contributed by atoms with van der Waals surface area (Å²) in [6.07, 6.45) is 0. The molecule has 0 saturated heterocycles. The Balaban J connectivity index is 2.51. The maximum atomic E-state index is 11.4. The Labute approximate surface area is 90.1 Å². The quantitative estimate of drug-likeness (QED) is 0.539. The zero-order valence-electron chi connectivity index (χ0n) is 8.20. The van der Waals surface area contributed by atoms with Crippen LogP contribution in [0.25, 0.3) is 5.76 Å². The number of thiophene rings is 1. The van der Waals surface area contributed by atoms with Gasteiger partial charge in [-0.3, -0.25) is 0 Å². The van der Waals surface area contributed by atoms with Crippen LogP contribution < -0.4 is 0 Å². The van der Waals surface area contributed by atoms with Gasteiger partial charge in [0.2, 0.25) is 0 Å². The number of rotatable bonds is 1. The fourth-order valence-electron chi connectivity index (χ4n) is 1.33. The summed E-state index contributed by atoms with van der Waals surface area (Å²) in [6.45, 7) is 1.57. The van der Waals surface area contributed by atoms with E-state index in [2.05, 4.69) is 4.74 Å². The van der Waals surface area contributed by atoms with E-state index in [1.54, 1.807) is 18.4 Å². The third-order valence-corrected chi connectivity index (χ3v) is 3.03. The Kier molecular flexibility index (Phi) is 2.32. The molecular weight excluding hydrogens is 216 g/mol. The maximum absolute atomic E-state index is 11.4. The molecular formula is C10H8O4S. The molecule has 0 unspecified atom stereocenters. The van der Waals surface area contributed by atoms with E-state index in [0.29, 0.717) is 21.8 Å². The number of carbonyl (C=O) groups excluding carboxylic acids is 2. The van der Waals surface area contributed by atoms with E-state index in [1.807, 2.05) is 0 Å². The molecule has 78 valence electrons. The van der Waals surface area contributed by atoms with Crippen LogP contribution in [0.5, 0.6) is 0 Å². The molecule has 0 aromatic carbocycles. The van der Waals surface area contributed by atoms with E-state index in [-0.39, 0.29) is 0 Å². The highest BCUT2D eigenvalue weighted by molar-refractivity contribution is 7.11. The Morgan fingerprint density at radius 3 is 2.93 bits per heavy atom. The van der Waals surface area contributed by atoms with E-state index >= 15 is 0 Å². The van der Waals surface area contributed by atoms with Crippen molar-refractivity contribution in [2.45, 2.75) is 6.92 Å². The highest BCUT2D eigenvalue weighted by Crippen LogP contribution is 2.36. The summed E-state index contributed by atoms with van der Waals surface area (Å²) >= 11 is 1.37. The normalized spacial score (nSPS) is 17.1. The molecule has 0 amide bonds. The van der Waals surface area contributed by atoms with E-state index in [1.165, 1.54) is 18.4 Å². The lowest BCUT2D eigenvalue weighted by Crippen LogP contribution is -2.04. The first-order valence-corrected chi connectivity index (χ1v) is 5.12. The third-order valence-electron chi connectivity index (χ3n) is 2.12. The summed E-state index contributed by atoms with van der Waals surface area (Å²) in [5.74, 6) is -0.583. The van der Waals surface area contributed by atoms with E-state index in [4.69, 9.17) is 4.74 Å². The second-order valence-corrected chi connectivity index (χ2v) is 3.91. The molecule has 1 aliphatic heterocycles. The fraction of sp³-hybridized carbons (Fsp3) is 0.200. The van der Waals surface area contributed by atoms with Crippen LogP contribution in [0.2, 0.25) is 0 Å². The second kappa shape index (κ2) is 3.51. The Morgan fingerprint density at radius 1 is 1.53 bits per heavy atom. The van der Waals surface area contributed by atoms with Crippen molar-refractivity contribution in [3.8, 4) is 0 Å². The molecule has 1 aliphatic rings. The van der Waals surface area contributed by atoms with Crippen LogP contribution in [0.15, 0.2) is 17.0 Å². The molecule has 2 rings (SSSR count). The Hall–Kier alpha value is -1.62. The van der Waals surface area contributed by atoms with Crippen molar-refractivity contribution in [3.05, 3.63) is 27.5 Å². The average molecular weight is 224 g/mol. The summed E-state index contributed by atoms with van der Waals surface area (Å²) < 4.78 is 9.57. The predicted octanol–water partition coefficient (Wildman–Crippen LogP) is 1.82. The minimum atomic E-state index is -0.487. The molecule has 0 saturated carbocycles. The molecule has 0 atom stereocenters. The minimum absolute atomic E-state index is 0.312. The van der Waals surface area contributed by atoms with Crippen molar-refractivity contribution in [2.75, 3.05) is 7.11 Å². The van der Waals surface area contributed by atoms with E-state index in [0.717, 1.165) is 0 Å². The van der Waals surface area contributed by atoms with Crippen LogP contribution >= 0.6 is 11.3 Å². The number of methoxy groups -OCH3 is 1. The summed E-state index contributed by atoms with van der Waals surface area (Å²) in [5.41, 5.74) is 0.824. The zero-order valence-corrected chi connectivity index (χ0v) is 9.01. The van der Waals surface area contributed by atoms with Gasteiger partial charge in [-0.15, -0.1) is 11.3 Å². The van der Waals surface area contributed by atoms with Crippen LogP contribution in [-0.4, -0.2) is 19.0 Å². The summed E-state index contributed by atoms with van der Waals surface area (Å²) in [6, 6.07) is 1.68. The molecule has 0 bridgehead atoms. The van der Waals surface area contributed by atoms with Crippen LogP contribution in [-0.2, 0) is 14.3 Å². The number of fused-ring (bicyclic) bond motifs is 1. The molecule has 1 aromatic rings. The van der Waals surface area contributed by atoms with Gasteiger partial charge in [0.25, 0.3) is 0 Å². The van der Waals surface area contributed by atoms with Gasteiger partial charge in [-0.05, 0) is 18.4 Å². The molecule has 0 N–H and O–H groups in total. The van der Waals surface area contributed by atoms with E-state index < -0.39 is 11.9 Å². The zero-order chi connectivity index (χ0) is 11.0. The van der Waals surface area contributed by atoms with Gasteiger partial charge < -0.3 is 9.47 Å². The standard InChI is InChI=1S/C10H8O4S/c1-5(9(11)13-2)7-8-6(3-4-15-8)10(12)14-7/h3-4H,1-2H3/b7-5+. The molecule has 0 spiro atoms. The van der Waals surface area contributed by atoms with Crippen molar-refractivity contribution < 1.29 is 19.1 Å². The number of ether oxygens (including phenoxy) is 2. The maximum Gasteiger partial charge on any atom is 0.345 e. The second-order valence-electron chi connectivity index (χ2n) is 3.00. The predicted molar refractivity (Wildman–Crippen MR) is 54.3 cm³/mol. The van der Waals surface area contributed by atoms with Gasteiger partial charge in [0.1, 0.15) is 0 Å². The summed E-state index contributed by atoms with van der Waals surface area (Å²) in [5, 5.41) is 1.79. The number of esters is 2. The summed E-state index contributed by atoms with van der Waals surface area (Å²) in [7, 11) is 1.29. The SMILES string of the molecule is COC(=O)/C(C)=C1/OC(=O)c2ccsc21. The average Bonchev–Trinajstić information content (AvgIpc) is 2.80. The number of cyclic esters (lactones) is 1. The number of hydrogen-bond acceptors (Lipinski definition) is 5. The smallest absolute Gasteiger partial charge is 0.345 e. The number of carbonyl (C=O) groups is 2. The first-order chi connectivity index (χ1) is 7.15. The third kappa shape index (κ3) is 1.45. The molecule has 2 heterocycles. The highest BCUT2D eigenvalue weighted by Gasteiger charge is 2.31. The van der Waals surface area contributed by atoms with Crippen LogP contribution in [0.1, 0.15) is 22.2 Å². The highest BCUT2D eigenvalue weighted by atomic mass is 32.1. The van der Waals surface area contributed by atoms with Crippen molar-refractivity contribution >= 4 is 29.0 Å². The first kappa shape index (κ1) is 9.92. The molecule has 0 radical (unpaired) electrons. The molecule has 4 nitrogen and oxygen atoms in total. The largest absolute Gasteiger partial charge is 0.466 e. The minimum Gasteiger partial charge on any atom is -0.466 e. The van der Waals surface area contributed by atoms with E-state index in [9.17, 15) is 9.59 Å². The Morgan fingerprint density at radius 2 is 2.27 bits per heavy atom. The fourth-order valence-corrected chi connectivity index (χ4v) is 2.25. The van der Waals surface area contributed by atoms with Crippen LogP contribution in [0.4, 0.5) is 0 Å². The number of hydrogen-bond donors (Lipinski definition) is 0. The molecule has 15 heavy (non-hydrogen) atoms. The molecule has 0 fully saturated rings.